The molecule has 3 heterocycles. The van der Waals surface area contributed by atoms with Crippen LogP contribution in [-0.4, -0.2) is 69.9 Å². The van der Waals surface area contributed by atoms with Crippen molar-refractivity contribution in [2.45, 2.75) is 30.7 Å². The second-order valence-electron chi connectivity index (χ2n) is 9.20. The van der Waals surface area contributed by atoms with E-state index in [0.29, 0.717) is 29.2 Å². The molecular formula is C24H24ClFN4O3S. The molecule has 0 radical (unpaired) electrons. The van der Waals surface area contributed by atoms with Gasteiger partial charge in [-0.2, -0.15) is 0 Å². The Labute approximate surface area is 206 Å². The Bertz CT molecular complexity index is 1210. The third kappa shape index (κ3) is 3.95. The van der Waals surface area contributed by atoms with Crippen LogP contribution in [-0.2, 0) is 9.59 Å². The molecule has 5 rings (SSSR count). The molecule has 2 fully saturated rings. The summed E-state index contributed by atoms with van der Waals surface area (Å²) < 4.78 is 14.2. The molecule has 2 N–H and O–H groups in total. The quantitative estimate of drug-likeness (QED) is 0.659. The molecule has 1 unspecified atom stereocenters. The van der Waals surface area contributed by atoms with Crippen LogP contribution in [0.2, 0.25) is 5.02 Å². The zero-order chi connectivity index (χ0) is 24.2. The first-order valence-corrected chi connectivity index (χ1v) is 12.4. The molecule has 2 saturated heterocycles. The second kappa shape index (κ2) is 8.55. The van der Waals surface area contributed by atoms with Gasteiger partial charge in [-0.3, -0.25) is 19.7 Å². The van der Waals surface area contributed by atoms with Crippen LogP contribution >= 0.6 is 23.4 Å². The molecule has 2 atom stereocenters. The van der Waals surface area contributed by atoms with Crippen LogP contribution in [0.25, 0.3) is 11.1 Å². The van der Waals surface area contributed by atoms with Crippen molar-refractivity contribution in [3.63, 3.8) is 0 Å². The lowest BCUT2D eigenvalue weighted by atomic mass is 10.00. The number of piperazine rings is 1. The van der Waals surface area contributed by atoms with Gasteiger partial charge < -0.3 is 15.1 Å². The largest absolute Gasteiger partial charge is 0.337 e. The highest BCUT2D eigenvalue weighted by Gasteiger charge is 2.46. The highest BCUT2D eigenvalue weighted by atomic mass is 35.5. The van der Waals surface area contributed by atoms with Crippen molar-refractivity contribution in [3.05, 3.63) is 52.8 Å². The van der Waals surface area contributed by atoms with Gasteiger partial charge >= 0.3 is 0 Å². The predicted molar refractivity (Wildman–Crippen MR) is 130 cm³/mol. The first-order chi connectivity index (χ1) is 16.2. The number of amides is 3. The lowest BCUT2D eigenvalue weighted by Crippen LogP contribution is -2.62. The SMILES string of the molecule is CC1(C)SCN[C@@H]1C(=O)N1CCN2C(=O)c3cc(-c4ccc(Cl)cc4F)ccc3NC(=O)C2C1. The Hall–Kier alpha value is -2.62. The van der Waals surface area contributed by atoms with Crippen molar-refractivity contribution < 1.29 is 18.8 Å². The van der Waals surface area contributed by atoms with Crippen LogP contribution in [0.4, 0.5) is 10.1 Å². The number of fused-ring (bicyclic) bond motifs is 2. The second-order valence-corrected chi connectivity index (χ2v) is 11.3. The molecule has 0 bridgehead atoms. The number of hydrogen-bond acceptors (Lipinski definition) is 5. The fourth-order valence-corrected chi connectivity index (χ4v) is 5.88. The summed E-state index contributed by atoms with van der Waals surface area (Å²) in [5, 5.41) is 6.35. The number of rotatable bonds is 2. The molecule has 0 aromatic heterocycles. The summed E-state index contributed by atoms with van der Waals surface area (Å²) in [5.41, 5.74) is 1.48. The molecule has 7 nitrogen and oxygen atoms in total. The van der Waals surface area contributed by atoms with Crippen LogP contribution in [0.3, 0.4) is 0 Å². The van der Waals surface area contributed by atoms with Crippen LogP contribution in [0, 0.1) is 5.82 Å². The summed E-state index contributed by atoms with van der Waals surface area (Å²) in [6, 6.07) is 8.07. The number of halogens is 2. The van der Waals surface area contributed by atoms with Gasteiger partial charge in [0.25, 0.3) is 5.91 Å². The van der Waals surface area contributed by atoms with Gasteiger partial charge in [-0.05, 0) is 49.7 Å². The molecule has 3 amide bonds. The summed E-state index contributed by atoms with van der Waals surface area (Å²) in [5.74, 6) is -0.529. The van der Waals surface area contributed by atoms with Crippen molar-refractivity contribution in [3.8, 4) is 11.1 Å². The molecular weight excluding hydrogens is 479 g/mol. The molecule has 2 aromatic rings. The lowest BCUT2D eigenvalue weighted by molar-refractivity contribution is -0.138. The Morgan fingerprint density at radius 1 is 1.15 bits per heavy atom. The van der Waals surface area contributed by atoms with Gasteiger partial charge in [0.2, 0.25) is 11.8 Å². The van der Waals surface area contributed by atoms with E-state index in [1.807, 2.05) is 13.8 Å². The molecule has 0 aliphatic carbocycles. The van der Waals surface area contributed by atoms with Crippen molar-refractivity contribution >= 4 is 46.8 Å². The predicted octanol–water partition coefficient (Wildman–Crippen LogP) is 3.19. The van der Waals surface area contributed by atoms with E-state index in [4.69, 9.17) is 11.6 Å². The molecule has 34 heavy (non-hydrogen) atoms. The Kier molecular flexibility index (Phi) is 5.82. The van der Waals surface area contributed by atoms with Crippen LogP contribution in [0.1, 0.15) is 24.2 Å². The van der Waals surface area contributed by atoms with Gasteiger partial charge in [-0.15, -0.1) is 11.8 Å². The van der Waals surface area contributed by atoms with Crippen molar-refractivity contribution in [1.82, 2.24) is 15.1 Å². The minimum absolute atomic E-state index is 0.0582. The number of thioether (sulfide) groups is 1. The first-order valence-electron chi connectivity index (χ1n) is 11.0. The van der Waals surface area contributed by atoms with E-state index in [-0.39, 0.29) is 52.2 Å². The Morgan fingerprint density at radius 2 is 1.94 bits per heavy atom. The minimum atomic E-state index is -0.800. The zero-order valence-corrected chi connectivity index (χ0v) is 20.3. The highest BCUT2D eigenvalue weighted by molar-refractivity contribution is 8.00. The van der Waals surface area contributed by atoms with Gasteiger partial charge in [0, 0.05) is 34.3 Å². The van der Waals surface area contributed by atoms with E-state index < -0.39 is 11.9 Å². The Morgan fingerprint density at radius 3 is 2.65 bits per heavy atom. The van der Waals surface area contributed by atoms with E-state index in [0.717, 1.165) is 0 Å². The van der Waals surface area contributed by atoms with Crippen LogP contribution in [0.15, 0.2) is 36.4 Å². The summed E-state index contributed by atoms with van der Waals surface area (Å²) in [7, 11) is 0. The van der Waals surface area contributed by atoms with Crippen molar-refractivity contribution in [2.24, 2.45) is 0 Å². The van der Waals surface area contributed by atoms with Crippen LogP contribution in [0.5, 0.6) is 0 Å². The summed E-state index contributed by atoms with van der Waals surface area (Å²) >= 11 is 7.55. The lowest BCUT2D eigenvalue weighted by Gasteiger charge is -2.41. The molecule has 0 spiro atoms. The number of anilines is 1. The average molecular weight is 503 g/mol. The van der Waals surface area contributed by atoms with Gasteiger partial charge in [0.1, 0.15) is 17.9 Å². The van der Waals surface area contributed by atoms with E-state index >= 15 is 0 Å². The summed E-state index contributed by atoms with van der Waals surface area (Å²) in [6.07, 6.45) is 0. The molecule has 3 aliphatic heterocycles. The Balaban J connectivity index is 1.42. The van der Waals surface area contributed by atoms with Gasteiger partial charge in [-0.25, -0.2) is 4.39 Å². The standard InChI is InChI=1S/C24H24ClFN4O3S/c1-24(2)20(27-12-34-24)23(33)29-7-8-30-19(11-29)21(31)28-18-6-3-13(9-16(18)22(30)32)15-5-4-14(25)10-17(15)26/h3-6,9-10,19-20,27H,7-8,11-12H2,1-2H3,(H,28,31)/t19?,20-/m1/s1. The van der Waals surface area contributed by atoms with E-state index in [9.17, 15) is 18.8 Å². The maximum Gasteiger partial charge on any atom is 0.256 e. The minimum Gasteiger partial charge on any atom is -0.337 e. The fraction of sp³-hybridized carbons (Fsp3) is 0.375. The third-order valence-corrected chi connectivity index (χ3v) is 8.21. The first kappa shape index (κ1) is 23.1. The van der Waals surface area contributed by atoms with Crippen molar-refractivity contribution in [1.29, 1.82) is 0 Å². The molecule has 2 aromatic carbocycles. The smallest absolute Gasteiger partial charge is 0.256 e. The third-order valence-electron chi connectivity index (χ3n) is 6.68. The summed E-state index contributed by atoms with van der Waals surface area (Å²) in [6.45, 7) is 4.75. The molecule has 178 valence electrons. The fourth-order valence-electron chi connectivity index (χ4n) is 4.75. The van der Waals surface area contributed by atoms with Gasteiger partial charge in [0.05, 0.1) is 17.8 Å². The normalized spacial score (nSPS) is 23.8. The van der Waals surface area contributed by atoms with E-state index in [1.165, 1.54) is 11.0 Å². The number of carbonyl (C=O) groups excluding carboxylic acids is 3. The summed E-state index contributed by atoms with van der Waals surface area (Å²) in [4.78, 5) is 42.9. The zero-order valence-electron chi connectivity index (χ0n) is 18.7. The van der Waals surface area contributed by atoms with Gasteiger partial charge in [-0.1, -0.05) is 17.7 Å². The maximum atomic E-state index is 14.5. The number of nitrogens with one attached hydrogen (secondary N) is 2. The van der Waals surface area contributed by atoms with E-state index in [2.05, 4.69) is 10.6 Å². The number of carbonyl (C=O) groups is 3. The number of benzene rings is 2. The van der Waals surface area contributed by atoms with Gasteiger partial charge in [0.15, 0.2) is 0 Å². The van der Waals surface area contributed by atoms with E-state index in [1.54, 1.807) is 47.0 Å². The van der Waals surface area contributed by atoms with Crippen molar-refractivity contribution in [2.75, 3.05) is 30.8 Å². The highest BCUT2D eigenvalue weighted by Crippen LogP contribution is 2.35. The molecule has 10 heteroatoms. The number of nitrogens with zero attached hydrogens (tertiary/aromatic N) is 2. The topological polar surface area (TPSA) is 81.8 Å². The maximum absolute atomic E-state index is 14.5. The monoisotopic (exact) mass is 502 g/mol. The number of hydrogen-bond donors (Lipinski definition) is 2. The average Bonchev–Trinajstić information content (AvgIpc) is 3.12. The molecule has 3 aliphatic rings. The van der Waals surface area contributed by atoms with Crippen LogP contribution < -0.4 is 10.6 Å². The molecule has 0 saturated carbocycles.